The molecule has 3 saturated carbocycles. The number of amidine groups is 1. The number of aliphatic hydroxyl groups excluding tert-OH is 1. The molecule has 1 amide bonds. The molecule has 2 aliphatic heterocycles. The number of nitrogens with one attached hydrogen (secondary N) is 2. The van der Waals surface area contributed by atoms with Crippen molar-refractivity contribution in [3.63, 3.8) is 0 Å². The summed E-state index contributed by atoms with van der Waals surface area (Å²) in [5.74, 6) is -1.37. The molecule has 7 rings (SSSR count). The monoisotopic (exact) mass is 588 g/mol. The molecule has 40 heavy (non-hydrogen) atoms. The molecule has 212 valence electrons. The summed E-state index contributed by atoms with van der Waals surface area (Å²) >= 11 is 0. The largest absolute Gasteiger partial charge is 0.511 e. The smallest absolute Gasteiger partial charge is 0.286 e. The number of amides is 1. The molecule has 2 atom stereocenters. The topological polar surface area (TPSA) is 145 Å². The highest BCUT2D eigenvalue weighted by molar-refractivity contribution is 7.92. The molecular formula is C27H29FN4O6S2. The molecule has 2 aromatic rings. The van der Waals surface area contributed by atoms with Crippen LogP contribution in [0.4, 0.5) is 15.8 Å². The van der Waals surface area contributed by atoms with Gasteiger partial charge in [-0.15, -0.1) is 4.40 Å². The first-order valence-electron chi connectivity index (χ1n) is 13.1. The molecule has 0 saturated heterocycles. The predicted molar refractivity (Wildman–Crippen MR) is 147 cm³/mol. The van der Waals surface area contributed by atoms with E-state index in [2.05, 4.69) is 14.4 Å². The van der Waals surface area contributed by atoms with Crippen molar-refractivity contribution in [2.24, 2.45) is 22.2 Å². The number of rotatable bonds is 5. The second kappa shape index (κ2) is 9.30. The quantitative estimate of drug-likeness (QED) is 0.483. The Hall–Kier alpha value is -3.45. The Labute approximate surface area is 232 Å². The van der Waals surface area contributed by atoms with Gasteiger partial charge in [-0.25, -0.2) is 12.8 Å². The van der Waals surface area contributed by atoms with E-state index in [9.17, 15) is 31.1 Å². The molecule has 0 aromatic heterocycles. The van der Waals surface area contributed by atoms with Gasteiger partial charge in [-0.2, -0.15) is 8.42 Å². The van der Waals surface area contributed by atoms with Crippen molar-refractivity contribution >= 4 is 43.2 Å². The molecule has 3 fully saturated rings. The third-order valence-electron chi connectivity index (χ3n) is 8.42. The Morgan fingerprint density at radius 1 is 1.12 bits per heavy atom. The average molecular weight is 589 g/mol. The van der Waals surface area contributed by atoms with Crippen molar-refractivity contribution < 1.29 is 31.1 Å². The highest BCUT2D eigenvalue weighted by atomic mass is 32.2. The van der Waals surface area contributed by atoms with E-state index in [1.807, 2.05) is 0 Å². The fraction of sp³-hybridized carbons (Fsp3) is 0.407. The van der Waals surface area contributed by atoms with Gasteiger partial charge in [0.2, 0.25) is 10.0 Å². The molecule has 2 heterocycles. The average Bonchev–Trinajstić information content (AvgIpc) is 2.88. The van der Waals surface area contributed by atoms with E-state index >= 15 is 0 Å². The van der Waals surface area contributed by atoms with Gasteiger partial charge in [-0.1, -0.05) is 12.1 Å². The summed E-state index contributed by atoms with van der Waals surface area (Å²) < 4.78 is 69.8. The summed E-state index contributed by atoms with van der Waals surface area (Å²) in [7, 11) is -8.01. The van der Waals surface area contributed by atoms with Gasteiger partial charge in [0, 0.05) is 24.2 Å². The minimum atomic E-state index is -4.36. The number of aryl methyl sites for hydroxylation is 1. The van der Waals surface area contributed by atoms with Crippen LogP contribution in [0.2, 0.25) is 0 Å². The van der Waals surface area contributed by atoms with E-state index in [0.29, 0.717) is 5.56 Å². The van der Waals surface area contributed by atoms with Crippen LogP contribution in [-0.4, -0.2) is 50.9 Å². The summed E-state index contributed by atoms with van der Waals surface area (Å²) in [5, 5.41) is 14.4. The van der Waals surface area contributed by atoms with Crippen molar-refractivity contribution in [1.29, 1.82) is 0 Å². The summed E-state index contributed by atoms with van der Waals surface area (Å²) in [6.45, 7) is 1.83. The van der Waals surface area contributed by atoms with Crippen LogP contribution in [0.3, 0.4) is 0 Å². The summed E-state index contributed by atoms with van der Waals surface area (Å²) in [4.78, 5) is 15.5. The molecule has 13 heteroatoms. The zero-order chi connectivity index (χ0) is 28.6. The van der Waals surface area contributed by atoms with Gasteiger partial charge < -0.3 is 15.3 Å². The SMILES string of the molecule is Cc1cc(CN2C(=O)C(C3=NS(=O)(=O)c4cc(NS(C)(=O)=O)ccc4N3)=C(O)[C@@H]3C4CCC(CC4)[C@@H]32)ccc1F. The van der Waals surface area contributed by atoms with Crippen LogP contribution < -0.4 is 10.0 Å². The van der Waals surface area contributed by atoms with Crippen LogP contribution >= 0.6 is 0 Å². The van der Waals surface area contributed by atoms with Crippen molar-refractivity contribution in [1.82, 2.24) is 4.90 Å². The van der Waals surface area contributed by atoms with Crippen LogP contribution in [0, 0.1) is 30.5 Å². The normalized spacial score (nSPS) is 27.0. The van der Waals surface area contributed by atoms with Crippen LogP contribution in [0.15, 0.2) is 57.0 Å². The number of hydrogen-bond acceptors (Lipinski definition) is 7. The van der Waals surface area contributed by atoms with E-state index in [-0.39, 0.29) is 69.6 Å². The zero-order valence-electron chi connectivity index (χ0n) is 21.9. The van der Waals surface area contributed by atoms with Gasteiger partial charge in [0.1, 0.15) is 22.0 Å². The molecule has 0 unspecified atom stereocenters. The van der Waals surface area contributed by atoms with Gasteiger partial charge in [-0.05, 0) is 79.8 Å². The molecular weight excluding hydrogens is 559 g/mol. The molecule has 0 spiro atoms. The van der Waals surface area contributed by atoms with E-state index < -0.39 is 26.0 Å². The van der Waals surface area contributed by atoms with Crippen LogP contribution in [0.25, 0.3) is 0 Å². The van der Waals surface area contributed by atoms with Gasteiger partial charge in [0.25, 0.3) is 15.9 Å². The van der Waals surface area contributed by atoms with Gasteiger partial charge >= 0.3 is 0 Å². The molecule has 3 aliphatic carbocycles. The predicted octanol–water partition coefficient (Wildman–Crippen LogP) is 3.68. The molecule has 2 bridgehead atoms. The Bertz CT molecular complexity index is 1710. The number of nitrogens with zero attached hydrogens (tertiary/aromatic N) is 2. The highest BCUT2D eigenvalue weighted by Gasteiger charge is 2.54. The number of aliphatic hydroxyl groups is 1. The number of sulfonamides is 2. The third-order valence-corrected chi connectivity index (χ3v) is 10.3. The maximum Gasteiger partial charge on any atom is 0.286 e. The molecule has 5 aliphatic rings. The minimum absolute atomic E-state index is 0.0444. The summed E-state index contributed by atoms with van der Waals surface area (Å²) in [6.07, 6.45) is 4.62. The van der Waals surface area contributed by atoms with Crippen LogP contribution in [0.5, 0.6) is 0 Å². The van der Waals surface area contributed by atoms with Crippen LogP contribution in [-0.2, 0) is 31.4 Å². The van der Waals surface area contributed by atoms with Crippen molar-refractivity contribution in [2.45, 2.75) is 50.1 Å². The van der Waals surface area contributed by atoms with Crippen molar-refractivity contribution in [3.05, 3.63) is 64.7 Å². The van der Waals surface area contributed by atoms with E-state index in [1.54, 1.807) is 24.0 Å². The number of halogens is 1. The number of anilines is 2. The van der Waals surface area contributed by atoms with E-state index in [0.717, 1.165) is 43.6 Å². The number of hydrogen-bond donors (Lipinski definition) is 3. The number of carbonyl (C=O) groups is 1. The molecule has 2 aromatic carbocycles. The first-order valence-corrected chi connectivity index (χ1v) is 16.4. The van der Waals surface area contributed by atoms with Gasteiger partial charge in [-0.3, -0.25) is 9.52 Å². The Balaban J connectivity index is 1.42. The zero-order valence-corrected chi connectivity index (χ0v) is 23.5. The standard InChI is InChI=1S/C27H29FN4O6S2/c1-14-11-15(3-9-19(14)28)13-32-24-17-6-4-16(5-7-17)22(24)25(33)23(27(32)34)26-29-20-10-8-18(30-39(2,35)36)12-21(20)40(37,38)31-26/h3,8-12,16-17,22,24,30,33H,4-7,13H2,1-2H3,(H,29,31)/t16?,17?,22-,24+/m1/s1. The van der Waals surface area contributed by atoms with Crippen molar-refractivity contribution in [2.75, 3.05) is 16.3 Å². The fourth-order valence-electron chi connectivity index (χ4n) is 6.75. The minimum Gasteiger partial charge on any atom is -0.511 e. The third kappa shape index (κ3) is 4.54. The van der Waals surface area contributed by atoms with Gasteiger partial charge in [0.05, 0.1) is 11.9 Å². The van der Waals surface area contributed by atoms with Crippen molar-refractivity contribution in [3.8, 4) is 0 Å². The van der Waals surface area contributed by atoms with E-state index in [4.69, 9.17) is 0 Å². The lowest BCUT2D eigenvalue weighted by Gasteiger charge is -2.54. The summed E-state index contributed by atoms with van der Waals surface area (Å²) in [5.41, 5.74) is 1.14. The Kier molecular flexibility index (Phi) is 6.22. The second-order valence-electron chi connectivity index (χ2n) is 11.1. The fourth-order valence-corrected chi connectivity index (χ4v) is 8.46. The number of carbonyl (C=O) groups excluding carboxylic acids is 1. The lowest BCUT2D eigenvalue weighted by Crippen LogP contribution is -2.60. The molecule has 10 nitrogen and oxygen atoms in total. The highest BCUT2D eigenvalue weighted by Crippen LogP contribution is 2.52. The first-order chi connectivity index (χ1) is 18.8. The molecule has 0 radical (unpaired) electrons. The lowest BCUT2D eigenvalue weighted by molar-refractivity contribution is -0.140. The van der Waals surface area contributed by atoms with Gasteiger partial charge in [0.15, 0.2) is 5.84 Å². The lowest BCUT2D eigenvalue weighted by atomic mass is 9.59. The van der Waals surface area contributed by atoms with Crippen LogP contribution in [0.1, 0.15) is 36.8 Å². The Morgan fingerprint density at radius 2 is 1.82 bits per heavy atom. The number of fused-ring (bicyclic) bond motifs is 3. The Morgan fingerprint density at radius 3 is 2.50 bits per heavy atom. The van der Waals surface area contributed by atoms with E-state index in [1.165, 1.54) is 18.2 Å². The second-order valence-corrected chi connectivity index (χ2v) is 14.4. The first kappa shape index (κ1) is 26.8. The maximum atomic E-state index is 14.1. The molecule has 3 N–H and O–H groups in total. The summed E-state index contributed by atoms with van der Waals surface area (Å²) in [6, 6.07) is 8.34. The number of benzene rings is 2. The maximum absolute atomic E-state index is 14.1.